The monoisotopic (exact) mass is 356 g/mol. The minimum atomic E-state index is -0.234. The Bertz CT molecular complexity index is 660. The lowest BCUT2D eigenvalue weighted by Gasteiger charge is -2.34. The van der Waals surface area contributed by atoms with Crippen molar-refractivity contribution in [2.75, 3.05) is 26.2 Å². The number of hydrogen-bond donors (Lipinski definition) is 0. The molecule has 0 amide bonds. The number of hydrogen-bond acceptors (Lipinski definition) is 3. The van der Waals surface area contributed by atoms with Crippen LogP contribution in [0.2, 0.25) is 10.2 Å². The summed E-state index contributed by atoms with van der Waals surface area (Å²) in [5.41, 5.74) is 0.582. The van der Waals surface area contributed by atoms with Crippen molar-refractivity contribution in [2.45, 2.75) is 13.1 Å². The van der Waals surface area contributed by atoms with Crippen LogP contribution in [-0.2, 0) is 20.1 Å². The van der Waals surface area contributed by atoms with Crippen LogP contribution in [0.4, 0.5) is 4.39 Å². The lowest BCUT2D eigenvalue weighted by molar-refractivity contribution is 0.118. The fraction of sp³-hybridized carbons (Fsp3) is 0.438. The predicted molar refractivity (Wildman–Crippen MR) is 90.2 cm³/mol. The van der Waals surface area contributed by atoms with Gasteiger partial charge in [0.25, 0.3) is 0 Å². The molecule has 0 bridgehead atoms. The second-order valence-corrected chi connectivity index (χ2v) is 6.60. The molecule has 23 heavy (non-hydrogen) atoms. The fourth-order valence-corrected chi connectivity index (χ4v) is 3.15. The Morgan fingerprint density at radius 3 is 2.30 bits per heavy atom. The molecule has 1 aliphatic heterocycles. The van der Waals surface area contributed by atoms with Gasteiger partial charge in [0.1, 0.15) is 16.8 Å². The molecule has 1 fully saturated rings. The van der Waals surface area contributed by atoms with E-state index in [1.54, 1.807) is 18.3 Å². The van der Waals surface area contributed by atoms with Crippen LogP contribution in [-0.4, -0.2) is 45.5 Å². The number of halogens is 3. The minimum Gasteiger partial charge on any atom is -0.321 e. The van der Waals surface area contributed by atoms with E-state index >= 15 is 0 Å². The molecule has 7 heteroatoms. The highest BCUT2D eigenvalue weighted by Crippen LogP contribution is 2.21. The fourth-order valence-electron chi connectivity index (χ4n) is 2.78. The second kappa shape index (κ2) is 7.18. The molecular formula is C16H19Cl2FN4. The molecule has 0 radical (unpaired) electrons. The van der Waals surface area contributed by atoms with Gasteiger partial charge in [0.2, 0.25) is 0 Å². The molecule has 0 atom stereocenters. The Labute approximate surface area is 145 Å². The smallest absolute Gasteiger partial charge is 0.129 e. The SMILES string of the molecule is Cn1c(Cl)cnc1CN1CCN(Cc2c(F)cccc2Cl)CC1. The molecular weight excluding hydrogens is 338 g/mol. The van der Waals surface area contributed by atoms with Crippen LogP contribution in [0, 0.1) is 5.82 Å². The summed E-state index contributed by atoms with van der Waals surface area (Å²) < 4.78 is 15.8. The van der Waals surface area contributed by atoms with E-state index in [2.05, 4.69) is 14.8 Å². The van der Waals surface area contributed by atoms with Crippen molar-refractivity contribution in [3.63, 3.8) is 0 Å². The first-order chi connectivity index (χ1) is 11.0. The maximum atomic E-state index is 13.9. The third-order valence-electron chi connectivity index (χ3n) is 4.30. The van der Waals surface area contributed by atoms with Crippen molar-refractivity contribution >= 4 is 23.2 Å². The highest BCUT2D eigenvalue weighted by molar-refractivity contribution is 6.31. The van der Waals surface area contributed by atoms with Gasteiger partial charge in [-0.2, -0.15) is 0 Å². The van der Waals surface area contributed by atoms with Crippen molar-refractivity contribution in [2.24, 2.45) is 7.05 Å². The van der Waals surface area contributed by atoms with Crippen LogP contribution in [0.3, 0.4) is 0 Å². The summed E-state index contributed by atoms with van der Waals surface area (Å²) in [5.74, 6) is 0.725. The van der Waals surface area contributed by atoms with Gasteiger partial charge in [0.05, 0.1) is 12.7 Å². The van der Waals surface area contributed by atoms with Gasteiger partial charge in [-0.15, -0.1) is 0 Å². The molecule has 3 rings (SSSR count). The second-order valence-electron chi connectivity index (χ2n) is 5.81. The zero-order chi connectivity index (χ0) is 16.4. The lowest BCUT2D eigenvalue weighted by atomic mass is 10.2. The van der Waals surface area contributed by atoms with Gasteiger partial charge in [0.15, 0.2) is 0 Å². The van der Waals surface area contributed by atoms with Gasteiger partial charge < -0.3 is 4.57 Å². The quantitative estimate of drug-likeness (QED) is 0.840. The molecule has 1 aliphatic rings. The first-order valence-corrected chi connectivity index (χ1v) is 8.34. The number of piperazine rings is 1. The molecule has 0 N–H and O–H groups in total. The van der Waals surface area contributed by atoms with Crippen LogP contribution >= 0.6 is 23.2 Å². The summed E-state index contributed by atoms with van der Waals surface area (Å²) in [7, 11) is 1.92. The number of nitrogens with zero attached hydrogens (tertiary/aromatic N) is 4. The third-order valence-corrected chi connectivity index (χ3v) is 5.01. The molecule has 1 aromatic carbocycles. The maximum absolute atomic E-state index is 13.9. The van der Waals surface area contributed by atoms with E-state index < -0.39 is 0 Å². The van der Waals surface area contributed by atoms with Crippen molar-refractivity contribution in [3.05, 3.63) is 51.8 Å². The number of benzene rings is 1. The van der Waals surface area contributed by atoms with Gasteiger partial charge in [-0.05, 0) is 12.1 Å². The summed E-state index contributed by atoms with van der Waals surface area (Å²) in [6.07, 6.45) is 1.67. The molecule has 2 aromatic rings. The first kappa shape index (κ1) is 16.7. The average Bonchev–Trinajstić information content (AvgIpc) is 2.85. The van der Waals surface area contributed by atoms with Gasteiger partial charge in [-0.25, -0.2) is 9.37 Å². The molecule has 4 nitrogen and oxygen atoms in total. The van der Waals surface area contributed by atoms with Crippen molar-refractivity contribution < 1.29 is 4.39 Å². The number of rotatable bonds is 4. The van der Waals surface area contributed by atoms with E-state index in [4.69, 9.17) is 23.2 Å². The standard InChI is InChI=1S/C16H19Cl2FN4/c1-21-15(18)9-20-16(21)11-23-7-5-22(6-8-23)10-12-13(17)3-2-4-14(12)19/h2-4,9H,5-8,10-11H2,1H3. The summed E-state index contributed by atoms with van der Waals surface area (Å²) >= 11 is 12.1. The molecule has 1 saturated heterocycles. The molecule has 1 aromatic heterocycles. The van der Waals surface area contributed by atoms with Crippen molar-refractivity contribution in [1.82, 2.24) is 19.4 Å². The van der Waals surface area contributed by atoms with E-state index in [0.29, 0.717) is 22.3 Å². The summed E-state index contributed by atoms with van der Waals surface area (Å²) in [4.78, 5) is 8.89. The Morgan fingerprint density at radius 2 is 1.74 bits per heavy atom. The van der Waals surface area contributed by atoms with Crippen LogP contribution in [0.5, 0.6) is 0 Å². The van der Waals surface area contributed by atoms with Crippen molar-refractivity contribution in [3.8, 4) is 0 Å². The molecule has 0 saturated carbocycles. The largest absolute Gasteiger partial charge is 0.321 e. The molecule has 0 unspecified atom stereocenters. The maximum Gasteiger partial charge on any atom is 0.129 e. The third kappa shape index (κ3) is 3.86. The van der Waals surface area contributed by atoms with Crippen LogP contribution < -0.4 is 0 Å². The van der Waals surface area contributed by atoms with Crippen LogP contribution in [0.25, 0.3) is 0 Å². The summed E-state index contributed by atoms with van der Waals surface area (Å²) in [6.45, 7) is 4.91. The van der Waals surface area contributed by atoms with Gasteiger partial charge in [-0.1, -0.05) is 29.3 Å². The Kier molecular flexibility index (Phi) is 5.21. The molecule has 2 heterocycles. The van der Waals surface area contributed by atoms with Crippen LogP contribution in [0.1, 0.15) is 11.4 Å². The predicted octanol–water partition coefficient (Wildman–Crippen LogP) is 3.18. The lowest BCUT2D eigenvalue weighted by Crippen LogP contribution is -2.45. The van der Waals surface area contributed by atoms with Gasteiger partial charge >= 0.3 is 0 Å². The van der Waals surface area contributed by atoms with E-state index in [1.807, 2.05) is 11.6 Å². The highest BCUT2D eigenvalue weighted by Gasteiger charge is 2.20. The van der Waals surface area contributed by atoms with E-state index in [-0.39, 0.29) is 5.82 Å². The zero-order valence-corrected chi connectivity index (χ0v) is 14.5. The van der Waals surface area contributed by atoms with E-state index in [0.717, 1.165) is 38.5 Å². The normalized spacial score (nSPS) is 16.9. The summed E-state index contributed by atoms with van der Waals surface area (Å²) in [6, 6.07) is 4.83. The summed E-state index contributed by atoms with van der Waals surface area (Å²) in [5, 5.41) is 1.14. The molecule has 0 spiro atoms. The molecule has 0 aliphatic carbocycles. The van der Waals surface area contributed by atoms with Gasteiger partial charge in [-0.3, -0.25) is 9.80 Å². The van der Waals surface area contributed by atoms with Gasteiger partial charge in [0, 0.05) is 50.4 Å². The highest BCUT2D eigenvalue weighted by atomic mass is 35.5. The topological polar surface area (TPSA) is 24.3 Å². The average molecular weight is 357 g/mol. The zero-order valence-electron chi connectivity index (χ0n) is 13.0. The Morgan fingerprint density at radius 1 is 1.09 bits per heavy atom. The van der Waals surface area contributed by atoms with Crippen LogP contribution in [0.15, 0.2) is 24.4 Å². The van der Waals surface area contributed by atoms with E-state index in [9.17, 15) is 4.39 Å². The van der Waals surface area contributed by atoms with E-state index in [1.165, 1.54) is 6.07 Å². The Hall–Kier alpha value is -1.14. The molecule has 124 valence electrons. The number of imidazole rings is 1. The number of aromatic nitrogens is 2. The Balaban J connectivity index is 1.55. The first-order valence-electron chi connectivity index (χ1n) is 7.58. The minimum absolute atomic E-state index is 0.234. The van der Waals surface area contributed by atoms with Crippen molar-refractivity contribution in [1.29, 1.82) is 0 Å².